The van der Waals surface area contributed by atoms with Gasteiger partial charge in [0.15, 0.2) is 0 Å². The molecule has 11 nitrogen and oxygen atoms in total. The Balaban J connectivity index is 0.000000264. The van der Waals surface area contributed by atoms with Crippen LogP contribution in [0.5, 0.6) is 0 Å². The topological polar surface area (TPSA) is 180 Å². The molecule has 0 radical (unpaired) electrons. The molecule has 0 bridgehead atoms. The first kappa shape index (κ1) is 30.3. The summed E-state index contributed by atoms with van der Waals surface area (Å²) in [6.45, 7) is 5.69. The largest absolute Gasteiger partial charge is 0.478 e. The van der Waals surface area contributed by atoms with Crippen LogP contribution in [0.4, 0.5) is 0 Å². The van der Waals surface area contributed by atoms with Gasteiger partial charge in [0.25, 0.3) is 0 Å². The zero-order valence-electron chi connectivity index (χ0n) is 21.5. The van der Waals surface area contributed by atoms with E-state index >= 15 is 0 Å². The van der Waals surface area contributed by atoms with E-state index in [2.05, 4.69) is 53.6 Å². The number of piperidine rings is 1. The Labute approximate surface area is 220 Å². The first-order valence-corrected chi connectivity index (χ1v) is 12.3. The lowest BCUT2D eigenvalue weighted by molar-refractivity contribution is -0.134. The molecule has 6 N–H and O–H groups in total. The molecule has 1 aromatic carbocycles. The molecule has 11 heteroatoms. The van der Waals surface area contributed by atoms with Crippen LogP contribution in [0.2, 0.25) is 0 Å². The number of aliphatic carboxylic acids is 4. The van der Waals surface area contributed by atoms with Gasteiger partial charge in [0.1, 0.15) is 0 Å². The molecule has 3 atom stereocenters. The number of hydrogen-bond acceptors (Lipinski definition) is 6. The fourth-order valence-corrected chi connectivity index (χ4v) is 5.03. The number of aromatic amines is 1. The Hall–Kier alpha value is -3.96. The summed E-state index contributed by atoms with van der Waals surface area (Å²) >= 11 is 0. The molecular weight excluding hydrogens is 494 g/mol. The number of fused-ring (bicyclic) bond motifs is 2. The fourth-order valence-electron chi connectivity index (χ4n) is 5.03. The van der Waals surface area contributed by atoms with Gasteiger partial charge >= 0.3 is 23.9 Å². The molecule has 1 unspecified atom stereocenters. The van der Waals surface area contributed by atoms with E-state index in [4.69, 9.17) is 20.4 Å². The summed E-state index contributed by atoms with van der Waals surface area (Å²) in [6, 6.07) is 7.50. The molecule has 38 heavy (non-hydrogen) atoms. The van der Waals surface area contributed by atoms with Crippen molar-refractivity contribution in [3.63, 3.8) is 0 Å². The van der Waals surface area contributed by atoms with Gasteiger partial charge in [-0.15, -0.1) is 0 Å². The number of carboxylic acids is 4. The van der Waals surface area contributed by atoms with Gasteiger partial charge in [-0.25, -0.2) is 19.2 Å². The first-order valence-electron chi connectivity index (χ1n) is 12.3. The molecular formula is C27H35N3O8. The maximum absolute atomic E-state index is 9.55. The third-order valence-electron chi connectivity index (χ3n) is 6.53. The van der Waals surface area contributed by atoms with Crippen molar-refractivity contribution in [1.29, 1.82) is 0 Å². The SMILES string of the molecule is CCNCC[C@@H]1CC2c3cccc4[nH]cc(c34)C[C@H]2N(C)C1.O=C(O)/C=C/C(=O)O.O=C(O)/C=C/C(=O)O. The molecule has 4 rings (SSSR count). The van der Waals surface area contributed by atoms with Gasteiger partial charge in [-0.3, -0.25) is 0 Å². The second kappa shape index (κ2) is 14.7. The number of hydrogen-bond donors (Lipinski definition) is 6. The number of carbonyl (C=O) groups is 4. The molecule has 1 aromatic heterocycles. The minimum atomic E-state index is -1.26. The number of benzene rings is 1. The molecule has 1 fully saturated rings. The molecule has 0 amide bonds. The minimum absolute atomic E-state index is 0.558. The van der Waals surface area contributed by atoms with Gasteiger partial charge in [-0.05, 0) is 62.5 Å². The molecule has 1 aliphatic heterocycles. The highest BCUT2D eigenvalue weighted by molar-refractivity contribution is 5.90. The Kier molecular flexibility index (Phi) is 11.7. The Morgan fingerprint density at radius 1 is 1.00 bits per heavy atom. The van der Waals surface area contributed by atoms with Crippen molar-refractivity contribution in [3.05, 3.63) is 59.8 Å². The molecule has 1 aliphatic carbocycles. The third-order valence-corrected chi connectivity index (χ3v) is 6.53. The van der Waals surface area contributed by atoms with Crippen molar-refractivity contribution in [2.45, 2.75) is 38.1 Å². The predicted octanol–water partition coefficient (Wildman–Crippen LogP) is 2.55. The molecule has 2 heterocycles. The second-order valence-electron chi connectivity index (χ2n) is 9.16. The van der Waals surface area contributed by atoms with E-state index in [1.165, 1.54) is 42.3 Å². The summed E-state index contributed by atoms with van der Waals surface area (Å²) in [5.74, 6) is -3.50. The van der Waals surface area contributed by atoms with E-state index in [0.717, 1.165) is 19.0 Å². The van der Waals surface area contributed by atoms with Crippen LogP contribution < -0.4 is 5.32 Å². The van der Waals surface area contributed by atoms with Crippen LogP contribution in [0.25, 0.3) is 10.9 Å². The average Bonchev–Trinajstić information content (AvgIpc) is 3.27. The van der Waals surface area contributed by atoms with Crippen LogP contribution >= 0.6 is 0 Å². The van der Waals surface area contributed by atoms with E-state index in [9.17, 15) is 19.2 Å². The summed E-state index contributed by atoms with van der Waals surface area (Å²) < 4.78 is 0. The molecule has 0 saturated carbocycles. The van der Waals surface area contributed by atoms with Gasteiger partial charge in [0.2, 0.25) is 0 Å². The van der Waals surface area contributed by atoms with Crippen molar-refractivity contribution in [2.75, 3.05) is 26.7 Å². The molecule has 206 valence electrons. The summed E-state index contributed by atoms with van der Waals surface area (Å²) in [5, 5.41) is 36.3. The quantitative estimate of drug-likeness (QED) is 0.220. The number of rotatable bonds is 8. The van der Waals surface area contributed by atoms with Gasteiger partial charge in [-0.1, -0.05) is 19.1 Å². The monoisotopic (exact) mass is 529 g/mol. The normalized spacial score (nSPS) is 20.2. The lowest BCUT2D eigenvalue weighted by Crippen LogP contribution is -2.48. The Morgan fingerprint density at radius 3 is 2.11 bits per heavy atom. The molecule has 2 aliphatic rings. The van der Waals surface area contributed by atoms with Crippen molar-refractivity contribution < 1.29 is 39.6 Å². The standard InChI is InChI=1S/C19H27N3.2C4H4O4/c1-3-20-8-7-13-9-16-15-5-4-6-17-19(15)14(11-21-17)10-18(16)22(2)12-13;2*5-3(6)1-2-4(7)8/h4-6,11,13,16,18,20-21H,3,7-10,12H2,1-2H3;2*1-2H,(H,5,6)(H,7,8)/b;2*2-1+/t13-,16?,18-;;/m1../s1. The highest BCUT2D eigenvalue weighted by Gasteiger charge is 2.39. The van der Waals surface area contributed by atoms with E-state index in [-0.39, 0.29) is 0 Å². The van der Waals surface area contributed by atoms with Crippen molar-refractivity contribution in [2.24, 2.45) is 5.92 Å². The zero-order chi connectivity index (χ0) is 28.2. The van der Waals surface area contributed by atoms with Crippen LogP contribution in [-0.2, 0) is 25.6 Å². The summed E-state index contributed by atoms with van der Waals surface area (Å²) in [5.41, 5.74) is 4.43. The highest BCUT2D eigenvalue weighted by Crippen LogP contribution is 2.44. The molecule has 1 saturated heterocycles. The Bertz CT molecular complexity index is 1120. The number of likely N-dealkylation sites (tertiary alicyclic amines) is 1. The highest BCUT2D eigenvalue weighted by atomic mass is 16.4. The van der Waals surface area contributed by atoms with E-state index < -0.39 is 23.9 Å². The summed E-state index contributed by atoms with van der Waals surface area (Å²) in [7, 11) is 2.33. The predicted molar refractivity (Wildman–Crippen MR) is 141 cm³/mol. The van der Waals surface area contributed by atoms with Gasteiger partial charge in [0, 0.05) is 59.9 Å². The van der Waals surface area contributed by atoms with Gasteiger partial charge in [-0.2, -0.15) is 0 Å². The van der Waals surface area contributed by atoms with Crippen LogP contribution in [0.3, 0.4) is 0 Å². The number of likely N-dealkylation sites (N-methyl/N-ethyl adjacent to an activating group) is 1. The van der Waals surface area contributed by atoms with E-state index in [1.54, 1.807) is 5.56 Å². The number of nitrogens with zero attached hydrogens (tertiary/aromatic N) is 1. The summed E-state index contributed by atoms with van der Waals surface area (Å²) in [6.07, 6.45) is 8.32. The van der Waals surface area contributed by atoms with E-state index in [0.29, 0.717) is 36.3 Å². The third kappa shape index (κ3) is 9.16. The van der Waals surface area contributed by atoms with Crippen LogP contribution in [0.1, 0.15) is 36.8 Å². The number of carboxylic acid groups (broad SMARTS) is 4. The lowest BCUT2D eigenvalue weighted by atomic mass is 9.72. The number of aromatic nitrogens is 1. The van der Waals surface area contributed by atoms with E-state index in [1.807, 2.05) is 0 Å². The van der Waals surface area contributed by atoms with Crippen molar-refractivity contribution >= 4 is 34.8 Å². The van der Waals surface area contributed by atoms with Crippen molar-refractivity contribution in [3.8, 4) is 0 Å². The van der Waals surface area contributed by atoms with Crippen LogP contribution in [0, 0.1) is 5.92 Å². The zero-order valence-corrected chi connectivity index (χ0v) is 21.5. The summed E-state index contributed by atoms with van der Waals surface area (Å²) in [4.78, 5) is 44.3. The second-order valence-corrected chi connectivity index (χ2v) is 9.16. The molecule has 0 spiro atoms. The van der Waals surface area contributed by atoms with Crippen LogP contribution in [0.15, 0.2) is 48.7 Å². The first-order chi connectivity index (χ1) is 18.0. The average molecular weight is 530 g/mol. The van der Waals surface area contributed by atoms with Gasteiger partial charge in [0.05, 0.1) is 0 Å². The minimum Gasteiger partial charge on any atom is -0.478 e. The van der Waals surface area contributed by atoms with Crippen LogP contribution in [-0.4, -0.2) is 86.9 Å². The molecule has 2 aromatic rings. The van der Waals surface area contributed by atoms with Gasteiger partial charge < -0.3 is 35.6 Å². The number of H-pyrrole nitrogens is 1. The Morgan fingerprint density at radius 2 is 1.58 bits per heavy atom. The number of nitrogens with one attached hydrogen (secondary N) is 2. The maximum atomic E-state index is 9.55. The fraction of sp³-hybridized carbons (Fsp3) is 0.407. The van der Waals surface area contributed by atoms with Crippen molar-refractivity contribution in [1.82, 2.24) is 15.2 Å². The maximum Gasteiger partial charge on any atom is 0.328 e. The lowest BCUT2D eigenvalue weighted by Gasteiger charge is -2.45. The smallest absolute Gasteiger partial charge is 0.328 e.